The quantitative estimate of drug-likeness (QED) is 0.489. The van der Waals surface area contributed by atoms with E-state index in [1.807, 2.05) is 6.92 Å². The molecular formula is C12H26N2O2. The molecule has 16 heavy (non-hydrogen) atoms. The Hall–Kier alpha value is -0.610. The fourth-order valence-corrected chi connectivity index (χ4v) is 1.66. The highest BCUT2D eigenvalue weighted by atomic mass is 16.3. The molecule has 4 heteroatoms. The molecule has 0 saturated carbocycles. The van der Waals surface area contributed by atoms with Gasteiger partial charge in [-0.1, -0.05) is 20.3 Å². The highest BCUT2D eigenvalue weighted by molar-refractivity contribution is 5.76. The largest absolute Gasteiger partial charge is 0.396 e. The SMILES string of the molecule is CCCC(CCO)CNC(=O)CCNCC. The van der Waals surface area contributed by atoms with E-state index in [0.717, 1.165) is 32.4 Å². The fourth-order valence-electron chi connectivity index (χ4n) is 1.66. The Labute approximate surface area is 98.8 Å². The van der Waals surface area contributed by atoms with Crippen LogP contribution in [0.1, 0.15) is 39.5 Å². The Morgan fingerprint density at radius 1 is 1.31 bits per heavy atom. The normalized spacial score (nSPS) is 12.4. The molecule has 3 N–H and O–H groups in total. The van der Waals surface area contributed by atoms with Gasteiger partial charge in [-0.25, -0.2) is 0 Å². The summed E-state index contributed by atoms with van der Waals surface area (Å²) < 4.78 is 0. The molecule has 1 unspecified atom stereocenters. The minimum Gasteiger partial charge on any atom is -0.396 e. The van der Waals surface area contributed by atoms with Crippen molar-refractivity contribution >= 4 is 5.91 Å². The number of hydrogen-bond acceptors (Lipinski definition) is 3. The Morgan fingerprint density at radius 2 is 2.06 bits per heavy atom. The Bertz CT molecular complexity index is 168. The summed E-state index contributed by atoms with van der Waals surface area (Å²) >= 11 is 0. The maximum atomic E-state index is 11.4. The number of aliphatic hydroxyl groups excluding tert-OH is 1. The summed E-state index contributed by atoms with van der Waals surface area (Å²) in [6, 6.07) is 0. The molecule has 0 radical (unpaired) electrons. The van der Waals surface area contributed by atoms with Gasteiger partial charge in [0.25, 0.3) is 0 Å². The summed E-state index contributed by atoms with van der Waals surface area (Å²) in [6.45, 7) is 6.68. The molecule has 0 aromatic rings. The van der Waals surface area contributed by atoms with Gasteiger partial charge in [-0.15, -0.1) is 0 Å². The molecule has 0 aliphatic rings. The van der Waals surface area contributed by atoms with Gasteiger partial charge in [-0.05, 0) is 25.3 Å². The van der Waals surface area contributed by atoms with Crippen LogP contribution in [0.3, 0.4) is 0 Å². The van der Waals surface area contributed by atoms with Gasteiger partial charge in [0.1, 0.15) is 0 Å². The number of hydrogen-bond donors (Lipinski definition) is 3. The lowest BCUT2D eigenvalue weighted by molar-refractivity contribution is -0.121. The average molecular weight is 230 g/mol. The standard InChI is InChI=1S/C12H26N2O2/c1-3-5-11(7-9-15)10-14-12(16)6-8-13-4-2/h11,13,15H,3-10H2,1-2H3,(H,14,16). The van der Waals surface area contributed by atoms with Crippen LogP contribution in [0.5, 0.6) is 0 Å². The molecule has 0 saturated heterocycles. The van der Waals surface area contributed by atoms with Crippen molar-refractivity contribution < 1.29 is 9.90 Å². The molecule has 1 atom stereocenters. The van der Waals surface area contributed by atoms with Gasteiger partial charge >= 0.3 is 0 Å². The van der Waals surface area contributed by atoms with Crippen molar-refractivity contribution in [1.29, 1.82) is 0 Å². The second-order valence-electron chi connectivity index (χ2n) is 4.07. The second-order valence-corrected chi connectivity index (χ2v) is 4.07. The predicted octanol–water partition coefficient (Wildman–Crippen LogP) is 0.901. The molecule has 0 aromatic carbocycles. The van der Waals surface area contributed by atoms with Crippen molar-refractivity contribution in [3.8, 4) is 0 Å². The highest BCUT2D eigenvalue weighted by Crippen LogP contribution is 2.09. The van der Waals surface area contributed by atoms with Crippen molar-refractivity contribution in [3.05, 3.63) is 0 Å². The summed E-state index contributed by atoms with van der Waals surface area (Å²) in [6.07, 6.45) is 3.47. The lowest BCUT2D eigenvalue weighted by Crippen LogP contribution is -2.32. The van der Waals surface area contributed by atoms with Gasteiger partial charge in [-0.2, -0.15) is 0 Å². The zero-order chi connectivity index (χ0) is 12.2. The average Bonchev–Trinajstić information content (AvgIpc) is 2.27. The van der Waals surface area contributed by atoms with E-state index in [1.54, 1.807) is 0 Å². The van der Waals surface area contributed by atoms with Crippen LogP contribution in [0.15, 0.2) is 0 Å². The van der Waals surface area contributed by atoms with Crippen molar-refractivity contribution in [2.24, 2.45) is 5.92 Å². The van der Waals surface area contributed by atoms with Crippen LogP contribution in [0, 0.1) is 5.92 Å². The molecule has 0 fully saturated rings. The molecule has 0 rings (SSSR count). The zero-order valence-corrected chi connectivity index (χ0v) is 10.6. The fraction of sp³-hybridized carbons (Fsp3) is 0.917. The summed E-state index contributed by atoms with van der Waals surface area (Å²) in [5, 5.41) is 14.9. The van der Waals surface area contributed by atoms with E-state index in [4.69, 9.17) is 5.11 Å². The van der Waals surface area contributed by atoms with Crippen molar-refractivity contribution in [3.63, 3.8) is 0 Å². The summed E-state index contributed by atoms with van der Waals surface area (Å²) in [7, 11) is 0. The topological polar surface area (TPSA) is 61.4 Å². The van der Waals surface area contributed by atoms with Crippen molar-refractivity contribution in [2.45, 2.75) is 39.5 Å². The number of carbonyl (C=O) groups is 1. The Kier molecular flexibility index (Phi) is 10.5. The van der Waals surface area contributed by atoms with Gasteiger partial charge in [0, 0.05) is 26.1 Å². The number of carbonyl (C=O) groups excluding carboxylic acids is 1. The summed E-state index contributed by atoms with van der Waals surface area (Å²) in [5.74, 6) is 0.512. The second kappa shape index (κ2) is 10.9. The van der Waals surface area contributed by atoms with Gasteiger partial charge in [0.2, 0.25) is 5.91 Å². The molecule has 0 bridgehead atoms. The van der Waals surface area contributed by atoms with E-state index in [0.29, 0.717) is 18.9 Å². The third kappa shape index (κ3) is 8.68. The van der Waals surface area contributed by atoms with Crippen LogP contribution in [-0.4, -0.2) is 37.3 Å². The number of aliphatic hydroxyl groups is 1. The molecule has 0 aliphatic carbocycles. The Morgan fingerprint density at radius 3 is 2.62 bits per heavy atom. The first-order valence-electron chi connectivity index (χ1n) is 6.32. The highest BCUT2D eigenvalue weighted by Gasteiger charge is 2.08. The lowest BCUT2D eigenvalue weighted by atomic mass is 10.0. The molecule has 0 aromatic heterocycles. The minimum absolute atomic E-state index is 0.0972. The van der Waals surface area contributed by atoms with E-state index in [1.165, 1.54) is 0 Å². The lowest BCUT2D eigenvalue weighted by Gasteiger charge is -2.15. The van der Waals surface area contributed by atoms with Crippen LogP contribution >= 0.6 is 0 Å². The van der Waals surface area contributed by atoms with Crippen LogP contribution in [0.4, 0.5) is 0 Å². The molecule has 0 aliphatic heterocycles. The van der Waals surface area contributed by atoms with E-state index in [9.17, 15) is 4.79 Å². The van der Waals surface area contributed by atoms with E-state index in [-0.39, 0.29) is 12.5 Å². The van der Waals surface area contributed by atoms with Crippen LogP contribution in [0.2, 0.25) is 0 Å². The Balaban J connectivity index is 3.60. The van der Waals surface area contributed by atoms with Crippen LogP contribution < -0.4 is 10.6 Å². The minimum atomic E-state index is 0.0972. The van der Waals surface area contributed by atoms with Crippen LogP contribution in [0.25, 0.3) is 0 Å². The van der Waals surface area contributed by atoms with Gasteiger partial charge in [-0.3, -0.25) is 4.79 Å². The first-order valence-corrected chi connectivity index (χ1v) is 6.32. The predicted molar refractivity (Wildman–Crippen MR) is 66.3 cm³/mol. The van der Waals surface area contributed by atoms with E-state index >= 15 is 0 Å². The van der Waals surface area contributed by atoms with Crippen molar-refractivity contribution in [1.82, 2.24) is 10.6 Å². The smallest absolute Gasteiger partial charge is 0.221 e. The molecule has 1 amide bonds. The molecule has 0 heterocycles. The van der Waals surface area contributed by atoms with Gasteiger partial charge in [0.15, 0.2) is 0 Å². The van der Waals surface area contributed by atoms with Crippen molar-refractivity contribution in [2.75, 3.05) is 26.2 Å². The van der Waals surface area contributed by atoms with Gasteiger partial charge < -0.3 is 15.7 Å². The molecule has 0 spiro atoms. The molecule has 4 nitrogen and oxygen atoms in total. The molecular weight excluding hydrogens is 204 g/mol. The maximum Gasteiger partial charge on any atom is 0.221 e. The third-order valence-corrected chi connectivity index (χ3v) is 2.60. The number of rotatable bonds is 10. The summed E-state index contributed by atoms with van der Waals surface area (Å²) in [5.41, 5.74) is 0. The van der Waals surface area contributed by atoms with Crippen LogP contribution in [-0.2, 0) is 4.79 Å². The zero-order valence-electron chi connectivity index (χ0n) is 10.6. The van der Waals surface area contributed by atoms with E-state index in [2.05, 4.69) is 17.6 Å². The van der Waals surface area contributed by atoms with Gasteiger partial charge in [0.05, 0.1) is 0 Å². The first-order chi connectivity index (χ1) is 7.74. The van der Waals surface area contributed by atoms with E-state index < -0.39 is 0 Å². The molecule has 96 valence electrons. The third-order valence-electron chi connectivity index (χ3n) is 2.60. The summed E-state index contributed by atoms with van der Waals surface area (Å²) in [4.78, 5) is 11.4. The maximum absolute atomic E-state index is 11.4. The first kappa shape index (κ1) is 15.4. The number of nitrogens with one attached hydrogen (secondary N) is 2. The monoisotopic (exact) mass is 230 g/mol. The number of amides is 1.